The maximum atomic E-state index is 6.31. The maximum Gasteiger partial charge on any atom is 0.215 e. The second kappa shape index (κ2) is 6.84. The van der Waals surface area contributed by atoms with Crippen LogP contribution in [0.3, 0.4) is 0 Å². The number of benzene rings is 2. The zero-order chi connectivity index (χ0) is 19.1. The number of halogens is 1. The van der Waals surface area contributed by atoms with Crippen LogP contribution in [0.4, 0.5) is 0 Å². The average Bonchev–Trinajstić information content (AvgIpc) is 3.20. The Bertz CT molecular complexity index is 1040. The number of aromatic nitrogens is 1. The molecule has 0 N–H and O–H groups in total. The molecule has 3 heterocycles. The molecule has 5 nitrogen and oxygen atoms in total. The van der Waals surface area contributed by atoms with Crippen molar-refractivity contribution < 1.29 is 9.47 Å². The van der Waals surface area contributed by atoms with E-state index < -0.39 is 0 Å². The lowest BCUT2D eigenvalue weighted by Gasteiger charge is -2.38. The van der Waals surface area contributed by atoms with Crippen molar-refractivity contribution in [2.24, 2.45) is 5.10 Å². The Balaban J connectivity index is 1.57. The van der Waals surface area contributed by atoms with Gasteiger partial charge in [0.1, 0.15) is 11.5 Å². The molecule has 2 aromatic carbocycles. The number of hydrogen-bond donors (Lipinski definition) is 0. The number of ether oxygens (including phenoxy) is 2. The van der Waals surface area contributed by atoms with E-state index >= 15 is 0 Å². The summed E-state index contributed by atoms with van der Waals surface area (Å²) in [5.74, 6) is 1.67. The largest absolute Gasteiger partial charge is 0.497 e. The maximum absolute atomic E-state index is 6.31. The van der Waals surface area contributed by atoms with Crippen LogP contribution in [-0.4, -0.2) is 22.8 Å². The van der Waals surface area contributed by atoms with E-state index in [0.717, 1.165) is 40.3 Å². The first-order valence-corrected chi connectivity index (χ1v) is 9.47. The van der Waals surface area contributed by atoms with Crippen LogP contribution in [0.15, 0.2) is 72.1 Å². The predicted molar refractivity (Wildman–Crippen MR) is 108 cm³/mol. The van der Waals surface area contributed by atoms with Crippen LogP contribution in [-0.2, 0) is 0 Å². The van der Waals surface area contributed by atoms with Crippen molar-refractivity contribution in [3.8, 4) is 11.5 Å². The van der Waals surface area contributed by atoms with Crippen molar-refractivity contribution in [3.05, 3.63) is 88.7 Å². The Morgan fingerprint density at radius 1 is 1.14 bits per heavy atom. The monoisotopic (exact) mass is 391 g/mol. The molecule has 6 heteroatoms. The number of hydrogen-bond acceptors (Lipinski definition) is 5. The summed E-state index contributed by atoms with van der Waals surface area (Å²) in [7, 11) is 1.67. The molecule has 3 aromatic rings. The van der Waals surface area contributed by atoms with Gasteiger partial charge in [0.25, 0.3) is 0 Å². The third kappa shape index (κ3) is 2.88. The third-order valence-corrected chi connectivity index (χ3v) is 5.38. The smallest absolute Gasteiger partial charge is 0.215 e. The molecular weight excluding hydrogens is 374 g/mol. The van der Waals surface area contributed by atoms with Gasteiger partial charge in [-0.05, 0) is 54.1 Å². The zero-order valence-corrected chi connectivity index (χ0v) is 16.0. The molecule has 0 unspecified atom stereocenters. The van der Waals surface area contributed by atoms with E-state index in [4.69, 9.17) is 26.2 Å². The van der Waals surface area contributed by atoms with Crippen LogP contribution < -0.4 is 9.47 Å². The molecule has 0 saturated heterocycles. The first kappa shape index (κ1) is 17.1. The molecule has 5 rings (SSSR count). The highest BCUT2D eigenvalue weighted by molar-refractivity contribution is 6.30. The second-order valence-corrected chi connectivity index (χ2v) is 7.25. The van der Waals surface area contributed by atoms with Gasteiger partial charge in [-0.15, -0.1) is 0 Å². The highest BCUT2D eigenvalue weighted by Crippen LogP contribution is 2.48. The van der Waals surface area contributed by atoms with E-state index in [2.05, 4.69) is 4.98 Å². The number of rotatable bonds is 3. The molecular formula is C22H18ClN3O2. The quantitative estimate of drug-likeness (QED) is 0.631. The number of pyridine rings is 1. The Morgan fingerprint density at radius 2 is 2.00 bits per heavy atom. The summed E-state index contributed by atoms with van der Waals surface area (Å²) in [5, 5.41) is 7.65. The van der Waals surface area contributed by atoms with Gasteiger partial charge in [-0.2, -0.15) is 5.10 Å². The van der Waals surface area contributed by atoms with Crippen LogP contribution >= 0.6 is 11.6 Å². The van der Waals surface area contributed by atoms with Gasteiger partial charge in [0.2, 0.25) is 6.23 Å². The number of fused-ring (bicyclic) bond motifs is 3. The minimum Gasteiger partial charge on any atom is -0.497 e. The van der Waals surface area contributed by atoms with Crippen molar-refractivity contribution in [2.45, 2.75) is 18.7 Å². The summed E-state index contributed by atoms with van der Waals surface area (Å²) in [4.78, 5) is 4.25. The minimum absolute atomic E-state index is 0.0600. The van der Waals surface area contributed by atoms with Gasteiger partial charge in [-0.3, -0.25) is 4.98 Å². The van der Waals surface area contributed by atoms with Gasteiger partial charge in [0.05, 0.1) is 18.9 Å². The summed E-state index contributed by atoms with van der Waals surface area (Å²) >= 11 is 6.27. The van der Waals surface area contributed by atoms with Gasteiger partial charge in [0, 0.05) is 35.0 Å². The lowest BCUT2D eigenvalue weighted by molar-refractivity contribution is -0.0192. The Hall–Kier alpha value is -3.05. The normalized spacial score (nSPS) is 20.1. The van der Waals surface area contributed by atoms with Crippen LogP contribution in [0.5, 0.6) is 11.5 Å². The minimum atomic E-state index is -0.330. The molecule has 2 atom stereocenters. The molecule has 28 heavy (non-hydrogen) atoms. The summed E-state index contributed by atoms with van der Waals surface area (Å²) in [5.41, 5.74) is 4.11. The van der Waals surface area contributed by atoms with Gasteiger partial charge >= 0.3 is 0 Å². The van der Waals surface area contributed by atoms with Crippen LogP contribution in [0.25, 0.3) is 0 Å². The lowest BCUT2D eigenvalue weighted by atomic mass is 9.96. The van der Waals surface area contributed by atoms with Crippen LogP contribution in [0, 0.1) is 0 Å². The van der Waals surface area contributed by atoms with E-state index in [1.165, 1.54) is 0 Å². The van der Waals surface area contributed by atoms with E-state index in [1.807, 2.05) is 65.8 Å². The summed E-state index contributed by atoms with van der Waals surface area (Å²) in [6, 6.07) is 17.7. The van der Waals surface area contributed by atoms with E-state index in [-0.39, 0.29) is 12.3 Å². The summed E-state index contributed by atoms with van der Waals surface area (Å²) in [6.07, 6.45) is 4.03. The lowest BCUT2D eigenvalue weighted by Crippen LogP contribution is -2.33. The molecule has 0 amide bonds. The SMILES string of the molecule is COc1ccc(C2=NN3[C@H](C2)c2cc(Cl)ccc2O[C@@H]3c2cccnc2)cc1. The Morgan fingerprint density at radius 3 is 2.75 bits per heavy atom. The number of hydrazone groups is 1. The molecule has 0 radical (unpaired) electrons. The topological polar surface area (TPSA) is 47.0 Å². The summed E-state index contributed by atoms with van der Waals surface area (Å²) in [6.45, 7) is 0. The second-order valence-electron chi connectivity index (χ2n) is 6.81. The van der Waals surface area contributed by atoms with Crippen LogP contribution in [0.2, 0.25) is 5.02 Å². The molecule has 1 aromatic heterocycles. The fourth-order valence-electron chi connectivity index (χ4n) is 3.76. The van der Waals surface area contributed by atoms with Gasteiger partial charge in [0.15, 0.2) is 0 Å². The molecule has 0 spiro atoms. The molecule has 0 aliphatic carbocycles. The van der Waals surface area contributed by atoms with Gasteiger partial charge < -0.3 is 9.47 Å². The third-order valence-electron chi connectivity index (χ3n) is 5.14. The van der Waals surface area contributed by atoms with Crippen molar-refractivity contribution >= 4 is 17.3 Å². The zero-order valence-electron chi connectivity index (χ0n) is 15.2. The summed E-state index contributed by atoms with van der Waals surface area (Å²) < 4.78 is 11.6. The number of nitrogens with zero attached hydrogens (tertiary/aromatic N) is 3. The first-order valence-electron chi connectivity index (χ1n) is 9.09. The first-order chi connectivity index (χ1) is 13.7. The highest BCUT2D eigenvalue weighted by Gasteiger charge is 2.41. The molecule has 0 bridgehead atoms. The van der Waals surface area contributed by atoms with E-state index in [1.54, 1.807) is 13.3 Å². The predicted octanol–water partition coefficient (Wildman–Crippen LogP) is 4.99. The fourth-order valence-corrected chi connectivity index (χ4v) is 3.94. The standard InChI is InChI=1S/C22H18ClN3O2/c1-27-17-7-4-14(5-8-17)19-12-20-18-11-16(23)6-9-21(18)28-22(26(20)25-19)15-3-2-10-24-13-15/h2-11,13,20,22H,12H2,1H3/t20-,22-/m1/s1. The molecule has 0 fully saturated rings. The van der Waals surface area contributed by atoms with E-state index in [0.29, 0.717) is 5.02 Å². The van der Waals surface area contributed by atoms with Crippen LogP contribution in [0.1, 0.15) is 35.4 Å². The van der Waals surface area contributed by atoms with Crippen molar-refractivity contribution in [3.63, 3.8) is 0 Å². The number of methoxy groups -OCH3 is 1. The van der Waals surface area contributed by atoms with Crippen molar-refractivity contribution in [1.29, 1.82) is 0 Å². The molecule has 2 aliphatic rings. The molecule has 2 aliphatic heterocycles. The van der Waals surface area contributed by atoms with E-state index in [9.17, 15) is 0 Å². The van der Waals surface area contributed by atoms with Crippen molar-refractivity contribution in [2.75, 3.05) is 7.11 Å². The van der Waals surface area contributed by atoms with Crippen molar-refractivity contribution in [1.82, 2.24) is 9.99 Å². The fraction of sp³-hybridized carbons (Fsp3) is 0.182. The molecule has 140 valence electrons. The Kier molecular flexibility index (Phi) is 4.17. The van der Waals surface area contributed by atoms with Gasteiger partial charge in [-0.1, -0.05) is 17.7 Å². The highest BCUT2D eigenvalue weighted by atomic mass is 35.5. The molecule has 0 saturated carbocycles. The van der Waals surface area contributed by atoms with Gasteiger partial charge in [-0.25, -0.2) is 5.01 Å². The Labute approximate surface area is 168 Å². The average molecular weight is 392 g/mol.